The number of nitrogens with zero attached hydrogens (tertiary/aromatic N) is 1. The second-order valence-electron chi connectivity index (χ2n) is 4.63. The molecule has 2 aromatic carbocycles. The van der Waals surface area contributed by atoms with Crippen molar-refractivity contribution in [2.75, 3.05) is 5.32 Å². The molecule has 0 spiro atoms. The molecule has 4 heteroatoms. The minimum Gasteiger partial charge on any atom is -0.331 e. The number of fused-ring (bicyclic) bond motifs is 1. The number of rotatable bonds is 2. The lowest BCUT2D eigenvalue weighted by atomic mass is 10.2. The number of thiazole rings is 1. The molecule has 1 heterocycles. The molecule has 1 N–H and O–H groups in total. The average Bonchev–Trinajstić information content (AvgIpc) is 2.68. The Morgan fingerprint density at radius 2 is 1.89 bits per heavy atom. The number of benzene rings is 2. The fourth-order valence-electron chi connectivity index (χ4n) is 2.02. The summed E-state index contributed by atoms with van der Waals surface area (Å²) in [6.07, 6.45) is 0. The Morgan fingerprint density at radius 3 is 2.68 bits per heavy atom. The predicted molar refractivity (Wildman–Crippen MR) is 78.8 cm³/mol. The first kappa shape index (κ1) is 12.1. The van der Waals surface area contributed by atoms with Gasteiger partial charge in [-0.2, -0.15) is 0 Å². The number of anilines is 2. The Hall–Kier alpha value is -1.94. The van der Waals surface area contributed by atoms with E-state index >= 15 is 0 Å². The molecule has 0 radical (unpaired) electrons. The van der Waals surface area contributed by atoms with Crippen LogP contribution in [0.2, 0.25) is 0 Å². The summed E-state index contributed by atoms with van der Waals surface area (Å²) in [5, 5.41) is 3.94. The van der Waals surface area contributed by atoms with Gasteiger partial charge in [-0.3, -0.25) is 0 Å². The van der Waals surface area contributed by atoms with Crippen molar-refractivity contribution < 1.29 is 4.39 Å². The minimum absolute atomic E-state index is 0.237. The summed E-state index contributed by atoms with van der Waals surface area (Å²) in [6, 6.07) is 11.0. The third-order valence-corrected chi connectivity index (χ3v) is 3.77. The first-order valence-electron chi connectivity index (χ1n) is 6.01. The zero-order chi connectivity index (χ0) is 13.4. The van der Waals surface area contributed by atoms with Crippen LogP contribution in [-0.2, 0) is 0 Å². The van der Waals surface area contributed by atoms with E-state index in [1.807, 2.05) is 25.1 Å². The standard InChI is InChI=1S/C15H13FN2S/c1-9-3-4-13-14(7-9)19-15(18-13)17-12-6-10(2)5-11(16)8-12/h3-8H,1-2H3,(H,17,18). The first-order chi connectivity index (χ1) is 9.10. The van der Waals surface area contributed by atoms with E-state index in [-0.39, 0.29) is 5.82 Å². The van der Waals surface area contributed by atoms with E-state index in [1.165, 1.54) is 17.7 Å². The van der Waals surface area contributed by atoms with E-state index < -0.39 is 0 Å². The van der Waals surface area contributed by atoms with Crippen LogP contribution in [0.1, 0.15) is 11.1 Å². The van der Waals surface area contributed by atoms with Crippen LogP contribution >= 0.6 is 11.3 Å². The number of nitrogens with one attached hydrogen (secondary N) is 1. The maximum atomic E-state index is 13.3. The molecule has 3 rings (SSSR count). The predicted octanol–water partition coefficient (Wildman–Crippen LogP) is 4.80. The van der Waals surface area contributed by atoms with Gasteiger partial charge in [-0.1, -0.05) is 17.4 Å². The monoisotopic (exact) mass is 272 g/mol. The average molecular weight is 272 g/mol. The number of halogens is 1. The molecule has 1 aromatic heterocycles. The first-order valence-corrected chi connectivity index (χ1v) is 6.83. The molecule has 3 aromatic rings. The van der Waals surface area contributed by atoms with Gasteiger partial charge in [0, 0.05) is 5.69 Å². The Morgan fingerprint density at radius 1 is 1.05 bits per heavy atom. The molecule has 0 amide bonds. The van der Waals surface area contributed by atoms with Crippen molar-refractivity contribution in [1.82, 2.24) is 4.98 Å². The van der Waals surface area contributed by atoms with Gasteiger partial charge in [0.1, 0.15) is 5.82 Å². The van der Waals surface area contributed by atoms with Gasteiger partial charge in [0.25, 0.3) is 0 Å². The highest BCUT2D eigenvalue weighted by molar-refractivity contribution is 7.22. The molecule has 2 nitrogen and oxygen atoms in total. The van der Waals surface area contributed by atoms with Crippen molar-refractivity contribution in [3.8, 4) is 0 Å². The Labute approximate surface area is 114 Å². The number of hydrogen-bond acceptors (Lipinski definition) is 3. The molecule has 0 aliphatic carbocycles. The van der Waals surface area contributed by atoms with Gasteiger partial charge < -0.3 is 5.32 Å². The molecule has 0 bridgehead atoms. The zero-order valence-electron chi connectivity index (χ0n) is 10.7. The minimum atomic E-state index is -0.237. The fourth-order valence-corrected chi connectivity index (χ4v) is 3.00. The third kappa shape index (κ3) is 2.58. The van der Waals surface area contributed by atoms with Crippen LogP contribution in [0.5, 0.6) is 0 Å². The summed E-state index contributed by atoms with van der Waals surface area (Å²) < 4.78 is 14.5. The molecule has 0 fully saturated rings. The van der Waals surface area contributed by atoms with E-state index in [0.29, 0.717) is 0 Å². The van der Waals surface area contributed by atoms with E-state index in [4.69, 9.17) is 0 Å². The second kappa shape index (κ2) is 4.63. The van der Waals surface area contributed by atoms with Gasteiger partial charge in [-0.15, -0.1) is 0 Å². The highest BCUT2D eigenvalue weighted by atomic mass is 32.1. The summed E-state index contributed by atoms with van der Waals surface area (Å²) in [7, 11) is 0. The zero-order valence-corrected chi connectivity index (χ0v) is 11.5. The van der Waals surface area contributed by atoms with Crippen LogP contribution in [-0.4, -0.2) is 4.98 Å². The largest absolute Gasteiger partial charge is 0.331 e. The quantitative estimate of drug-likeness (QED) is 0.725. The van der Waals surface area contributed by atoms with Gasteiger partial charge in [-0.05, 0) is 55.3 Å². The molecular weight excluding hydrogens is 259 g/mol. The topological polar surface area (TPSA) is 24.9 Å². The number of hydrogen-bond donors (Lipinski definition) is 1. The molecule has 0 aliphatic heterocycles. The molecular formula is C15H13FN2S. The smallest absolute Gasteiger partial charge is 0.188 e. The van der Waals surface area contributed by atoms with Crippen LogP contribution in [0.3, 0.4) is 0 Å². The SMILES string of the molecule is Cc1cc(F)cc(Nc2nc3ccc(C)cc3s2)c1. The molecule has 19 heavy (non-hydrogen) atoms. The molecule has 0 saturated heterocycles. The lowest BCUT2D eigenvalue weighted by Crippen LogP contribution is -1.91. The maximum Gasteiger partial charge on any atom is 0.188 e. The van der Waals surface area contributed by atoms with Crippen molar-refractivity contribution in [2.24, 2.45) is 0 Å². The summed E-state index contributed by atoms with van der Waals surface area (Å²) in [6.45, 7) is 3.93. The van der Waals surface area contributed by atoms with E-state index in [1.54, 1.807) is 11.3 Å². The highest BCUT2D eigenvalue weighted by Crippen LogP contribution is 2.29. The summed E-state index contributed by atoms with van der Waals surface area (Å²) in [4.78, 5) is 4.49. The molecule has 96 valence electrons. The fraction of sp³-hybridized carbons (Fsp3) is 0.133. The second-order valence-corrected chi connectivity index (χ2v) is 5.66. The number of aryl methyl sites for hydroxylation is 2. The van der Waals surface area contributed by atoms with Crippen molar-refractivity contribution in [2.45, 2.75) is 13.8 Å². The summed E-state index contributed by atoms with van der Waals surface area (Å²) in [5.74, 6) is -0.237. The Bertz CT molecular complexity index is 729. The third-order valence-electron chi connectivity index (χ3n) is 2.84. The van der Waals surface area contributed by atoms with Gasteiger partial charge in [0.05, 0.1) is 10.2 Å². The van der Waals surface area contributed by atoms with Crippen molar-refractivity contribution in [3.63, 3.8) is 0 Å². The van der Waals surface area contributed by atoms with E-state index in [2.05, 4.69) is 23.3 Å². The number of aromatic nitrogens is 1. The molecule has 0 atom stereocenters. The lowest BCUT2D eigenvalue weighted by molar-refractivity contribution is 0.627. The van der Waals surface area contributed by atoms with Gasteiger partial charge in [0.15, 0.2) is 5.13 Å². The van der Waals surface area contributed by atoms with Crippen molar-refractivity contribution in [1.29, 1.82) is 0 Å². The Kier molecular flexibility index (Phi) is 2.95. The maximum absolute atomic E-state index is 13.3. The Balaban J connectivity index is 1.96. The van der Waals surface area contributed by atoms with Crippen LogP contribution in [0.4, 0.5) is 15.2 Å². The molecule has 0 unspecified atom stereocenters. The van der Waals surface area contributed by atoms with Gasteiger partial charge in [-0.25, -0.2) is 9.37 Å². The van der Waals surface area contributed by atoms with Crippen LogP contribution in [0.15, 0.2) is 36.4 Å². The molecule has 0 aliphatic rings. The van der Waals surface area contributed by atoms with Crippen LogP contribution in [0.25, 0.3) is 10.2 Å². The normalized spacial score (nSPS) is 10.9. The summed E-state index contributed by atoms with van der Waals surface area (Å²) in [5.41, 5.74) is 3.79. The lowest BCUT2D eigenvalue weighted by Gasteiger charge is -2.03. The van der Waals surface area contributed by atoms with E-state index in [0.717, 1.165) is 26.6 Å². The highest BCUT2D eigenvalue weighted by Gasteiger charge is 2.05. The van der Waals surface area contributed by atoms with Gasteiger partial charge in [0.2, 0.25) is 0 Å². The van der Waals surface area contributed by atoms with Gasteiger partial charge >= 0.3 is 0 Å². The van der Waals surface area contributed by atoms with Crippen molar-refractivity contribution in [3.05, 3.63) is 53.3 Å². The van der Waals surface area contributed by atoms with E-state index in [9.17, 15) is 4.39 Å². The summed E-state index contributed by atoms with van der Waals surface area (Å²) >= 11 is 1.57. The van der Waals surface area contributed by atoms with Crippen LogP contribution < -0.4 is 5.32 Å². The van der Waals surface area contributed by atoms with Crippen LogP contribution in [0, 0.1) is 19.7 Å². The van der Waals surface area contributed by atoms with Crippen molar-refractivity contribution >= 4 is 32.4 Å². The molecule has 0 saturated carbocycles.